The fourth-order valence-corrected chi connectivity index (χ4v) is 3.96. The fraction of sp³-hybridized carbons (Fsp3) is 0.562. The van der Waals surface area contributed by atoms with Crippen LogP contribution in [0, 0.1) is 0 Å². The number of methoxy groups -OCH3 is 1. The van der Waals surface area contributed by atoms with E-state index in [9.17, 15) is 4.79 Å². The van der Waals surface area contributed by atoms with Crippen molar-refractivity contribution in [1.82, 2.24) is 10.6 Å². The first kappa shape index (κ1) is 15.5. The van der Waals surface area contributed by atoms with Crippen LogP contribution in [0.5, 0.6) is 5.75 Å². The van der Waals surface area contributed by atoms with Crippen LogP contribution in [0.2, 0.25) is 0 Å². The van der Waals surface area contributed by atoms with Gasteiger partial charge < -0.3 is 15.0 Å². The van der Waals surface area contributed by atoms with Gasteiger partial charge in [0.15, 0.2) is 0 Å². The number of rotatable bonds is 4. The third kappa shape index (κ3) is 3.50. The zero-order valence-electron chi connectivity index (χ0n) is 12.9. The van der Waals surface area contributed by atoms with E-state index >= 15 is 0 Å². The molecule has 2 aliphatic rings. The summed E-state index contributed by atoms with van der Waals surface area (Å²) in [7, 11) is 1.71. The molecule has 0 radical (unpaired) electrons. The van der Waals surface area contributed by atoms with Crippen molar-refractivity contribution in [3.63, 3.8) is 0 Å². The van der Waals surface area contributed by atoms with E-state index < -0.39 is 0 Å². The molecule has 0 bridgehead atoms. The fourth-order valence-electron chi connectivity index (χ4n) is 3.02. The van der Waals surface area contributed by atoms with Crippen LogP contribution in [0.15, 0.2) is 24.3 Å². The summed E-state index contributed by atoms with van der Waals surface area (Å²) < 4.78 is 5.44. The van der Waals surface area contributed by atoms with E-state index in [1.54, 1.807) is 18.9 Å². The van der Waals surface area contributed by atoms with E-state index in [1.807, 2.05) is 18.2 Å². The quantitative estimate of drug-likeness (QED) is 0.879. The Hall–Kier alpha value is -1.40. The summed E-state index contributed by atoms with van der Waals surface area (Å²) in [6, 6.07) is 8.38. The van der Waals surface area contributed by atoms with Crippen LogP contribution < -0.4 is 20.3 Å². The van der Waals surface area contributed by atoms with Gasteiger partial charge in [-0.1, -0.05) is 12.1 Å². The topological polar surface area (TPSA) is 53.6 Å². The van der Waals surface area contributed by atoms with Gasteiger partial charge in [-0.15, -0.1) is 11.8 Å². The SMILES string of the molecule is COc1ccccc1N1CCC(NC(=O)C2CSCN2)CC1. The van der Waals surface area contributed by atoms with Crippen molar-refractivity contribution in [3.8, 4) is 5.75 Å². The summed E-state index contributed by atoms with van der Waals surface area (Å²) in [5.41, 5.74) is 1.14. The lowest BCUT2D eigenvalue weighted by Crippen LogP contribution is -2.50. The first-order valence-corrected chi connectivity index (χ1v) is 8.93. The Kier molecular flexibility index (Phi) is 5.10. The summed E-state index contributed by atoms with van der Waals surface area (Å²) in [5, 5.41) is 6.41. The molecule has 0 saturated carbocycles. The second kappa shape index (κ2) is 7.24. The minimum absolute atomic E-state index is 0.0164. The number of piperidine rings is 1. The number of amides is 1. The van der Waals surface area contributed by atoms with Gasteiger partial charge in [0.2, 0.25) is 5.91 Å². The standard InChI is InChI=1S/C16H23N3O2S/c1-21-15-5-3-2-4-14(15)19-8-6-12(7-9-19)18-16(20)13-10-22-11-17-13/h2-5,12-13,17H,6-11H2,1H3,(H,18,20). The summed E-state index contributed by atoms with van der Waals surface area (Å²) in [4.78, 5) is 14.5. The maximum absolute atomic E-state index is 12.1. The van der Waals surface area contributed by atoms with Crippen LogP contribution in [-0.4, -0.2) is 49.8 Å². The van der Waals surface area contributed by atoms with E-state index in [0.29, 0.717) is 0 Å². The number of hydrogen-bond acceptors (Lipinski definition) is 5. The molecule has 2 heterocycles. The van der Waals surface area contributed by atoms with Gasteiger partial charge in [0, 0.05) is 30.8 Å². The van der Waals surface area contributed by atoms with E-state index in [0.717, 1.165) is 49.0 Å². The highest BCUT2D eigenvalue weighted by Gasteiger charge is 2.27. The number of carbonyl (C=O) groups excluding carboxylic acids is 1. The maximum Gasteiger partial charge on any atom is 0.238 e. The first-order chi connectivity index (χ1) is 10.8. The maximum atomic E-state index is 12.1. The van der Waals surface area contributed by atoms with Crippen molar-refractivity contribution in [2.45, 2.75) is 24.9 Å². The first-order valence-electron chi connectivity index (χ1n) is 7.77. The number of hydrogen-bond donors (Lipinski definition) is 2. The molecule has 0 aromatic heterocycles. The van der Waals surface area contributed by atoms with Crippen LogP contribution in [-0.2, 0) is 4.79 Å². The van der Waals surface area contributed by atoms with Gasteiger partial charge in [0.25, 0.3) is 0 Å². The average molecular weight is 321 g/mol. The molecule has 120 valence electrons. The number of anilines is 1. The van der Waals surface area contributed by atoms with Crippen LogP contribution in [0.4, 0.5) is 5.69 Å². The summed E-state index contributed by atoms with van der Waals surface area (Å²) >= 11 is 1.78. The van der Waals surface area contributed by atoms with Gasteiger partial charge >= 0.3 is 0 Å². The van der Waals surface area contributed by atoms with Gasteiger partial charge in [-0.2, -0.15) is 0 Å². The Balaban J connectivity index is 1.53. The Morgan fingerprint density at radius 2 is 2.14 bits per heavy atom. The number of nitrogens with one attached hydrogen (secondary N) is 2. The number of thioether (sulfide) groups is 1. The number of ether oxygens (including phenoxy) is 1. The smallest absolute Gasteiger partial charge is 0.238 e. The van der Waals surface area contributed by atoms with E-state index in [2.05, 4.69) is 21.6 Å². The lowest BCUT2D eigenvalue weighted by molar-refractivity contribution is -0.123. The molecular weight excluding hydrogens is 298 g/mol. The molecule has 1 unspecified atom stereocenters. The average Bonchev–Trinajstić information content (AvgIpc) is 3.10. The van der Waals surface area contributed by atoms with Crippen molar-refractivity contribution in [2.75, 3.05) is 36.7 Å². The van der Waals surface area contributed by atoms with Gasteiger partial charge in [-0.25, -0.2) is 0 Å². The molecular formula is C16H23N3O2S. The normalized spacial score (nSPS) is 22.6. The lowest BCUT2D eigenvalue weighted by Gasteiger charge is -2.35. The van der Waals surface area contributed by atoms with Crippen molar-refractivity contribution in [3.05, 3.63) is 24.3 Å². The molecule has 2 fully saturated rings. The van der Waals surface area contributed by atoms with Crippen LogP contribution in [0.25, 0.3) is 0 Å². The summed E-state index contributed by atoms with van der Waals surface area (Å²) in [6.45, 7) is 1.89. The second-order valence-electron chi connectivity index (χ2n) is 5.71. The minimum Gasteiger partial charge on any atom is -0.495 e. The highest BCUT2D eigenvalue weighted by Crippen LogP contribution is 2.29. The molecule has 2 N–H and O–H groups in total. The Bertz CT molecular complexity index is 512. The van der Waals surface area contributed by atoms with Crippen LogP contribution in [0.3, 0.4) is 0 Å². The number of carbonyl (C=O) groups is 1. The molecule has 5 nitrogen and oxygen atoms in total. The van der Waals surface area contributed by atoms with Crippen LogP contribution in [0.1, 0.15) is 12.8 Å². The number of para-hydroxylation sites is 2. The molecule has 1 atom stereocenters. The molecule has 0 aliphatic carbocycles. The molecule has 22 heavy (non-hydrogen) atoms. The molecule has 1 aromatic carbocycles. The molecule has 2 aliphatic heterocycles. The summed E-state index contributed by atoms with van der Waals surface area (Å²) in [6.07, 6.45) is 1.95. The van der Waals surface area contributed by atoms with Crippen LogP contribution >= 0.6 is 11.8 Å². The zero-order valence-corrected chi connectivity index (χ0v) is 13.7. The predicted octanol–water partition coefficient (Wildman–Crippen LogP) is 1.44. The second-order valence-corrected chi connectivity index (χ2v) is 6.74. The third-order valence-corrected chi connectivity index (χ3v) is 5.24. The summed E-state index contributed by atoms with van der Waals surface area (Å²) in [5.74, 6) is 2.83. The monoisotopic (exact) mass is 321 g/mol. The van der Waals surface area contributed by atoms with Gasteiger partial charge in [0.05, 0.1) is 18.8 Å². The predicted molar refractivity (Wildman–Crippen MR) is 90.6 cm³/mol. The highest BCUT2D eigenvalue weighted by atomic mass is 32.2. The van der Waals surface area contributed by atoms with Crippen molar-refractivity contribution in [2.24, 2.45) is 0 Å². The van der Waals surface area contributed by atoms with Crippen molar-refractivity contribution >= 4 is 23.4 Å². The van der Waals surface area contributed by atoms with Crippen molar-refractivity contribution in [1.29, 1.82) is 0 Å². The largest absolute Gasteiger partial charge is 0.495 e. The van der Waals surface area contributed by atoms with Gasteiger partial charge in [0.1, 0.15) is 5.75 Å². The minimum atomic E-state index is -0.0164. The Morgan fingerprint density at radius 1 is 1.36 bits per heavy atom. The molecule has 0 spiro atoms. The molecule has 1 aromatic rings. The molecule has 3 rings (SSSR count). The van der Waals surface area contributed by atoms with Crippen molar-refractivity contribution < 1.29 is 9.53 Å². The number of nitrogens with zero attached hydrogens (tertiary/aromatic N) is 1. The zero-order chi connectivity index (χ0) is 15.4. The molecule has 1 amide bonds. The van der Waals surface area contributed by atoms with E-state index in [1.165, 1.54) is 0 Å². The molecule has 6 heteroatoms. The van der Waals surface area contributed by atoms with Gasteiger partial charge in [-0.3, -0.25) is 10.1 Å². The third-order valence-electron chi connectivity index (χ3n) is 4.30. The highest BCUT2D eigenvalue weighted by molar-refractivity contribution is 7.99. The number of benzene rings is 1. The lowest BCUT2D eigenvalue weighted by atomic mass is 10.0. The Labute approximate surface area is 135 Å². The molecule has 2 saturated heterocycles. The van der Waals surface area contributed by atoms with Gasteiger partial charge in [-0.05, 0) is 25.0 Å². The van der Waals surface area contributed by atoms with E-state index in [-0.39, 0.29) is 18.0 Å². The van der Waals surface area contributed by atoms with E-state index in [4.69, 9.17) is 4.74 Å². The Morgan fingerprint density at radius 3 is 2.82 bits per heavy atom.